The third-order valence-corrected chi connectivity index (χ3v) is 2.67. The summed E-state index contributed by atoms with van der Waals surface area (Å²) >= 11 is 0. The molecule has 0 radical (unpaired) electrons. The molecule has 96 valence electrons. The van der Waals surface area contributed by atoms with Crippen molar-refractivity contribution in [2.24, 2.45) is 5.92 Å². The number of hydrogen-bond acceptors (Lipinski definition) is 2. The first kappa shape index (κ1) is 13.8. The predicted octanol–water partition coefficient (Wildman–Crippen LogP) is 2.31. The first-order chi connectivity index (χ1) is 7.58. The summed E-state index contributed by atoms with van der Waals surface area (Å²) in [5, 5.41) is 6.46. The highest BCUT2D eigenvalue weighted by molar-refractivity contribution is 4.75. The highest BCUT2D eigenvalue weighted by Crippen LogP contribution is 2.27. The van der Waals surface area contributed by atoms with Crippen molar-refractivity contribution in [1.82, 2.24) is 10.6 Å². The van der Waals surface area contributed by atoms with Crippen LogP contribution in [0.2, 0.25) is 0 Å². The Bertz CT molecular complexity index is 179. The van der Waals surface area contributed by atoms with Gasteiger partial charge < -0.3 is 10.6 Å². The van der Waals surface area contributed by atoms with E-state index in [1.165, 1.54) is 12.8 Å². The molecule has 0 aromatic heterocycles. The Morgan fingerprint density at radius 1 is 0.938 bits per heavy atom. The molecule has 0 atom stereocenters. The molecule has 0 aromatic rings. The van der Waals surface area contributed by atoms with Crippen molar-refractivity contribution in [3.63, 3.8) is 0 Å². The van der Waals surface area contributed by atoms with Gasteiger partial charge in [0.2, 0.25) is 0 Å². The quantitative estimate of drug-likeness (QED) is 0.602. The van der Waals surface area contributed by atoms with Crippen LogP contribution in [0.1, 0.15) is 32.1 Å². The topological polar surface area (TPSA) is 24.1 Å². The lowest BCUT2D eigenvalue weighted by atomic mass is 10.2. The molecule has 0 heterocycles. The van der Waals surface area contributed by atoms with Crippen LogP contribution in [0, 0.1) is 5.92 Å². The molecular formula is C11H21F3N2. The Hall–Kier alpha value is -0.290. The van der Waals surface area contributed by atoms with Gasteiger partial charge in [0.15, 0.2) is 0 Å². The first-order valence-corrected chi connectivity index (χ1v) is 6.06. The summed E-state index contributed by atoms with van der Waals surface area (Å²) in [5.74, 6) is 0.881. The molecule has 1 rings (SSSR count). The fraction of sp³-hybridized carbons (Fsp3) is 1.00. The van der Waals surface area contributed by atoms with Crippen LogP contribution in [-0.4, -0.2) is 32.4 Å². The van der Waals surface area contributed by atoms with E-state index < -0.39 is 12.6 Å². The van der Waals surface area contributed by atoms with Gasteiger partial charge in [0, 0.05) is 19.5 Å². The summed E-state index contributed by atoms with van der Waals surface area (Å²) < 4.78 is 35.3. The Morgan fingerprint density at radius 2 is 1.62 bits per heavy atom. The number of nitrogens with one attached hydrogen (secondary N) is 2. The fourth-order valence-corrected chi connectivity index (χ4v) is 1.51. The van der Waals surface area contributed by atoms with Crippen LogP contribution in [0.3, 0.4) is 0 Å². The molecule has 1 aliphatic rings. The van der Waals surface area contributed by atoms with E-state index >= 15 is 0 Å². The maximum atomic E-state index is 11.8. The maximum Gasteiger partial charge on any atom is 0.389 e. The molecule has 2 nitrogen and oxygen atoms in total. The van der Waals surface area contributed by atoms with Crippen molar-refractivity contribution in [2.45, 2.75) is 38.3 Å². The number of rotatable bonds is 9. The molecule has 1 saturated carbocycles. The SMILES string of the molecule is FC(F)(F)CCCCNCCNCC1CC1. The molecule has 0 aromatic carbocycles. The minimum absolute atomic E-state index is 0.228. The Labute approximate surface area is 95.0 Å². The maximum absolute atomic E-state index is 11.8. The third kappa shape index (κ3) is 8.97. The molecule has 0 saturated heterocycles. The predicted molar refractivity (Wildman–Crippen MR) is 58.4 cm³/mol. The Balaban J connectivity index is 1.70. The molecule has 1 aliphatic carbocycles. The van der Waals surface area contributed by atoms with Crippen LogP contribution in [0.4, 0.5) is 13.2 Å². The zero-order valence-electron chi connectivity index (χ0n) is 9.58. The van der Waals surface area contributed by atoms with E-state index in [9.17, 15) is 13.2 Å². The summed E-state index contributed by atoms with van der Waals surface area (Å²) in [6, 6.07) is 0. The van der Waals surface area contributed by atoms with E-state index in [0.29, 0.717) is 13.0 Å². The monoisotopic (exact) mass is 238 g/mol. The molecule has 1 fully saturated rings. The average Bonchev–Trinajstić information content (AvgIpc) is 2.97. The third-order valence-electron chi connectivity index (χ3n) is 2.67. The van der Waals surface area contributed by atoms with Crippen molar-refractivity contribution >= 4 is 0 Å². The van der Waals surface area contributed by atoms with Gasteiger partial charge in [-0.05, 0) is 44.7 Å². The van der Waals surface area contributed by atoms with E-state index in [4.69, 9.17) is 0 Å². The summed E-state index contributed by atoms with van der Waals surface area (Å²) in [6.07, 6.45) is -1.13. The van der Waals surface area contributed by atoms with E-state index in [1.54, 1.807) is 0 Å². The van der Waals surface area contributed by atoms with Gasteiger partial charge in [-0.3, -0.25) is 0 Å². The minimum Gasteiger partial charge on any atom is -0.315 e. The van der Waals surface area contributed by atoms with Crippen LogP contribution in [0.15, 0.2) is 0 Å². The van der Waals surface area contributed by atoms with Gasteiger partial charge >= 0.3 is 6.18 Å². The highest BCUT2D eigenvalue weighted by Gasteiger charge is 2.25. The average molecular weight is 238 g/mol. The van der Waals surface area contributed by atoms with Crippen LogP contribution in [-0.2, 0) is 0 Å². The minimum atomic E-state index is -3.99. The van der Waals surface area contributed by atoms with Gasteiger partial charge in [-0.15, -0.1) is 0 Å². The second-order valence-corrected chi connectivity index (χ2v) is 4.47. The smallest absolute Gasteiger partial charge is 0.315 e. The highest BCUT2D eigenvalue weighted by atomic mass is 19.4. The van der Waals surface area contributed by atoms with E-state index in [1.807, 2.05) is 0 Å². The number of unbranched alkanes of at least 4 members (excludes halogenated alkanes) is 1. The van der Waals surface area contributed by atoms with Crippen molar-refractivity contribution in [1.29, 1.82) is 0 Å². The summed E-state index contributed by atoms with van der Waals surface area (Å²) in [7, 11) is 0. The van der Waals surface area contributed by atoms with Crippen molar-refractivity contribution < 1.29 is 13.2 Å². The second kappa shape index (κ2) is 7.12. The van der Waals surface area contributed by atoms with Gasteiger partial charge in [-0.1, -0.05) is 0 Å². The number of hydrogen-bond donors (Lipinski definition) is 2. The summed E-state index contributed by atoms with van der Waals surface area (Å²) in [4.78, 5) is 0. The molecule has 16 heavy (non-hydrogen) atoms. The van der Waals surface area contributed by atoms with Crippen molar-refractivity contribution in [3.8, 4) is 0 Å². The molecular weight excluding hydrogens is 217 g/mol. The second-order valence-electron chi connectivity index (χ2n) is 4.47. The van der Waals surface area contributed by atoms with Gasteiger partial charge in [-0.2, -0.15) is 13.2 Å². The van der Waals surface area contributed by atoms with Crippen LogP contribution in [0.25, 0.3) is 0 Å². The Kier molecular flexibility index (Phi) is 6.13. The van der Waals surface area contributed by atoms with Crippen molar-refractivity contribution in [3.05, 3.63) is 0 Å². The summed E-state index contributed by atoms with van der Waals surface area (Å²) in [5.41, 5.74) is 0. The fourth-order valence-electron chi connectivity index (χ4n) is 1.51. The van der Waals surface area contributed by atoms with Crippen molar-refractivity contribution in [2.75, 3.05) is 26.2 Å². The largest absolute Gasteiger partial charge is 0.389 e. The number of alkyl halides is 3. The van der Waals surface area contributed by atoms with E-state index in [-0.39, 0.29) is 6.42 Å². The first-order valence-electron chi connectivity index (χ1n) is 6.06. The van der Waals surface area contributed by atoms with Crippen LogP contribution >= 0.6 is 0 Å². The van der Waals surface area contributed by atoms with Gasteiger partial charge in [0.05, 0.1) is 0 Å². The Morgan fingerprint density at radius 3 is 2.25 bits per heavy atom. The lowest BCUT2D eigenvalue weighted by molar-refractivity contribution is -0.135. The van der Waals surface area contributed by atoms with Crippen LogP contribution in [0.5, 0.6) is 0 Å². The van der Waals surface area contributed by atoms with Gasteiger partial charge in [0.25, 0.3) is 0 Å². The molecule has 0 unspecified atom stereocenters. The van der Waals surface area contributed by atoms with E-state index in [2.05, 4.69) is 10.6 Å². The molecule has 0 spiro atoms. The van der Waals surface area contributed by atoms with Gasteiger partial charge in [0.1, 0.15) is 0 Å². The lowest BCUT2D eigenvalue weighted by Gasteiger charge is -2.07. The molecule has 5 heteroatoms. The molecule has 2 N–H and O–H groups in total. The summed E-state index contributed by atoms with van der Waals surface area (Å²) in [6.45, 7) is 3.53. The number of halogens is 3. The normalized spacial score (nSPS) is 16.7. The lowest BCUT2D eigenvalue weighted by Crippen LogP contribution is -2.29. The molecule has 0 bridgehead atoms. The molecule has 0 amide bonds. The standard InChI is InChI=1S/C11H21F3N2/c12-11(13,14)5-1-2-6-15-7-8-16-9-10-3-4-10/h10,15-16H,1-9H2. The zero-order chi connectivity index (χ0) is 11.9. The van der Waals surface area contributed by atoms with E-state index in [0.717, 1.165) is 25.6 Å². The van der Waals surface area contributed by atoms with Crippen LogP contribution < -0.4 is 10.6 Å². The zero-order valence-corrected chi connectivity index (χ0v) is 9.58. The van der Waals surface area contributed by atoms with Gasteiger partial charge in [-0.25, -0.2) is 0 Å². The molecule has 0 aliphatic heterocycles.